The van der Waals surface area contributed by atoms with Crippen LogP contribution >= 0.6 is 0 Å². The number of nitrogens with one attached hydrogen (secondary N) is 11. The molecule has 1 aliphatic rings. The summed E-state index contributed by atoms with van der Waals surface area (Å²) in [6.07, 6.45) is 31.8. The van der Waals surface area contributed by atoms with E-state index in [1.54, 1.807) is 0 Å². The second kappa shape index (κ2) is 40.1. The van der Waals surface area contributed by atoms with E-state index in [0.29, 0.717) is 0 Å². The molecule has 0 saturated carbocycles. The maximum absolute atomic E-state index is 8.90. The Morgan fingerprint density at radius 1 is 0.238 bits per heavy atom. The lowest BCUT2D eigenvalue weighted by atomic mass is 9.98. The van der Waals surface area contributed by atoms with Gasteiger partial charge in [0.1, 0.15) is 0 Å². The van der Waals surface area contributed by atoms with Crippen molar-refractivity contribution in [2.45, 2.75) is 159 Å². The SMILES string of the molecule is C.C.C.CCCCCCCCCCCCC.OCc1c[nH]c2ccccc12.[3H]C.c1ccc2c(Cc3[nH]c4ccccc4c3Cc3c[nH]c4ccccc34)c[nH]c2c1.c1ccc2c(Cc3c[nH]c4ccccc34)c[nH]c2c1.c1ccc2c(c1)[nH]c1cc3c(cc12)[nH]c1ccccc13.c1ccc2c3c([nH]c2c1)Cc1c([nH]c2ccccc12)Cc1c([nH]c2ccccc12)C3. The Balaban J connectivity index is 0.000000120. The molecule has 0 unspecified atom stereocenters. The molecule has 0 saturated heterocycles. The molecule has 11 aromatic heterocycles. The van der Waals surface area contributed by atoms with Crippen molar-refractivity contribution < 1.29 is 6.48 Å². The van der Waals surface area contributed by atoms with Crippen molar-refractivity contribution in [2.75, 3.05) is 0 Å². The van der Waals surface area contributed by atoms with Crippen molar-refractivity contribution in [1.82, 2.24) is 54.8 Å². The molecule has 0 bridgehead atoms. The van der Waals surface area contributed by atoms with Crippen LogP contribution in [0.25, 0.3) is 142 Å². The first-order valence-electron chi connectivity index (χ1n) is 45.0. The molecule has 0 atom stereocenters. The second-order valence-corrected chi connectivity index (χ2v) is 33.0. The molecule has 11 heterocycles. The topological polar surface area (TPSA) is 194 Å². The van der Waals surface area contributed by atoms with Crippen molar-refractivity contribution in [3.05, 3.63) is 383 Å². The van der Waals surface area contributed by atoms with Crippen LogP contribution in [-0.4, -0.2) is 59.9 Å². The van der Waals surface area contributed by atoms with Gasteiger partial charge in [0.05, 0.1) is 6.61 Å². The third kappa shape index (κ3) is 18.2. The lowest BCUT2D eigenvalue weighted by Crippen LogP contribution is -1.96. The number of hydrogen-bond acceptors (Lipinski definition) is 1. The Kier molecular flexibility index (Phi) is 27.3. The molecule has 12 aromatic carbocycles. The third-order valence-corrected chi connectivity index (χ3v) is 25.2. The van der Waals surface area contributed by atoms with Crippen molar-refractivity contribution >= 4 is 142 Å². The summed E-state index contributed by atoms with van der Waals surface area (Å²) in [4.78, 5) is 38.5. The van der Waals surface area contributed by atoms with Crippen LogP contribution < -0.4 is 0 Å². The molecule has 0 aliphatic heterocycles. The Morgan fingerprint density at radius 3 is 0.810 bits per heavy atom. The van der Waals surface area contributed by atoms with Gasteiger partial charge in [-0.2, -0.15) is 0 Å². The monoisotopic (exact) mass is 1660 g/mol. The summed E-state index contributed by atoms with van der Waals surface area (Å²) in [6.45, 7) is 4.67. The molecule has 23 aromatic rings. The van der Waals surface area contributed by atoms with Gasteiger partial charge in [0.25, 0.3) is 0 Å². The average molecular weight is 1660 g/mol. The number of aromatic amines is 11. The molecule has 126 heavy (non-hydrogen) atoms. The number of H-pyrrole nitrogens is 11. The van der Waals surface area contributed by atoms with Gasteiger partial charge in [-0.15, -0.1) is 0 Å². The van der Waals surface area contributed by atoms with E-state index in [-0.39, 0.29) is 28.9 Å². The maximum atomic E-state index is 8.90. The number of benzene rings is 12. The predicted molar refractivity (Wildman–Crippen MR) is 542 cm³/mol. The molecule has 0 fully saturated rings. The predicted octanol–water partition coefficient (Wildman–Crippen LogP) is 31.2. The molecular formula is C114H121N11O. The summed E-state index contributed by atoms with van der Waals surface area (Å²) in [7, 11) is 1.25. The molecule has 12 nitrogen and oxygen atoms in total. The number of aromatic nitrogens is 11. The Bertz CT molecular complexity index is 7150. The zero-order valence-electron chi connectivity index (χ0n) is 71.6. The van der Waals surface area contributed by atoms with Gasteiger partial charge in [0, 0.05) is 241 Å². The number of fused-ring (bicyclic) bond motifs is 21. The number of aliphatic hydroxyl groups is 1. The normalized spacial score (nSPS) is 11.6. The largest absolute Gasteiger partial charge is 0.392 e. The van der Waals surface area contributed by atoms with Gasteiger partial charge >= 0.3 is 0 Å². The summed E-state index contributed by atoms with van der Waals surface area (Å²) >= 11 is 0. The van der Waals surface area contributed by atoms with Gasteiger partial charge in [-0.3, -0.25) is 0 Å². The van der Waals surface area contributed by atoms with Crippen LogP contribution in [0.15, 0.2) is 310 Å². The number of rotatable bonds is 17. The molecule has 12 heteroatoms. The smallest absolute Gasteiger partial charge is 0.0702 e. The summed E-state index contributed by atoms with van der Waals surface area (Å²) in [5, 5.41) is 25.7. The van der Waals surface area contributed by atoms with Crippen molar-refractivity contribution in [1.29, 1.82) is 0 Å². The molecule has 0 spiro atoms. The fourth-order valence-electron chi connectivity index (χ4n) is 18.9. The molecule has 12 N–H and O–H groups in total. The van der Waals surface area contributed by atoms with E-state index in [1.807, 2.05) is 30.5 Å². The second-order valence-electron chi connectivity index (χ2n) is 33.0. The van der Waals surface area contributed by atoms with E-state index in [4.69, 9.17) is 6.48 Å². The van der Waals surface area contributed by atoms with Crippen LogP contribution in [0.1, 0.15) is 188 Å². The molecule has 638 valence electrons. The third-order valence-electron chi connectivity index (χ3n) is 25.2. The van der Waals surface area contributed by atoms with Crippen LogP contribution in [0.4, 0.5) is 0 Å². The highest BCUT2D eigenvalue weighted by atomic mass is 16.3. The number of hydrogen-bond donors (Lipinski definition) is 12. The van der Waals surface area contributed by atoms with Gasteiger partial charge < -0.3 is 59.9 Å². The van der Waals surface area contributed by atoms with E-state index in [0.717, 1.165) is 55.0 Å². The maximum Gasteiger partial charge on any atom is 0.0702 e. The fourth-order valence-corrected chi connectivity index (χ4v) is 18.9. The average Bonchev–Trinajstić information content (AvgIpc) is 1.60. The van der Waals surface area contributed by atoms with Gasteiger partial charge in [-0.1, -0.05) is 314 Å². The number of aliphatic hydroxyl groups excluding tert-OH is 1. The lowest BCUT2D eigenvalue weighted by Gasteiger charge is -2.05. The van der Waals surface area contributed by atoms with E-state index in [1.165, 1.54) is 276 Å². The Hall–Kier alpha value is -13.9. The minimum atomic E-state index is 0. The van der Waals surface area contributed by atoms with Crippen molar-refractivity contribution in [3.63, 3.8) is 0 Å². The minimum absolute atomic E-state index is 0. The summed E-state index contributed by atoms with van der Waals surface area (Å²) in [5.74, 6) is 0. The van der Waals surface area contributed by atoms with E-state index in [2.05, 4.69) is 348 Å². The van der Waals surface area contributed by atoms with Gasteiger partial charge in [-0.25, -0.2) is 0 Å². The van der Waals surface area contributed by atoms with Crippen LogP contribution in [0.3, 0.4) is 0 Å². The van der Waals surface area contributed by atoms with E-state index in [9.17, 15) is 0 Å². The van der Waals surface area contributed by atoms with Crippen molar-refractivity contribution in [2.24, 2.45) is 0 Å². The fraction of sp³-hybridized carbons (Fsp3) is 0.211. The van der Waals surface area contributed by atoms with Crippen LogP contribution in [0.2, 0.25) is 0 Å². The van der Waals surface area contributed by atoms with E-state index < -0.39 is 0 Å². The van der Waals surface area contributed by atoms with E-state index >= 15 is 0 Å². The highest BCUT2D eigenvalue weighted by Gasteiger charge is 2.25. The quantitative estimate of drug-likeness (QED) is 0.0397. The summed E-state index contributed by atoms with van der Waals surface area (Å²) < 4.78 is 5.75. The minimum Gasteiger partial charge on any atom is -0.392 e. The van der Waals surface area contributed by atoms with Gasteiger partial charge in [0.2, 0.25) is 0 Å². The van der Waals surface area contributed by atoms with Crippen molar-refractivity contribution in [3.8, 4) is 0 Å². The standard InChI is InChI=1S/C27H21N3.C26H21N3.C18H12N2.C17H14N2.C13H28.C9H9NO.4CH4/c1-4-10-22-16(7-1)19-13-26-21(18-9-3-5-11-23(18)29-26)15-27-20(14-25(19)28-22)17-8-2-6-12-24(17)30-27;1-4-10-23-19(7-1)17(15-27-23)13-22-21-9-3-6-12-25(21)29-26(22)14-18-16-28-24-11-5-2-8-20(18)24;1-3-7-15-11(5-1)13-9-18-14(10-17(13)19-15)12-6-2-4-8-16(12)20-18;1-3-7-16-14(5-1)12(10-18-16)9-13-11-19-17-8-4-2-6-15(13)17;1-3-5-7-9-11-13-12-10-8-6-4-2;11-6-7-5-10-9-4-2-1-3-8(7)9;;;;/h1-12,28-30H,13-15H2;1-12,15-16,27-29H,13-14H2;1-10,19-20H;1-8,10-11,18-19H,9H2;3-13H2,1-2H3;1-5,10-11H,6H2;4*1H4/i;;;;;;1T;;;. The molecule has 0 radical (unpaired) electrons. The van der Waals surface area contributed by atoms with Crippen LogP contribution in [0, 0.1) is 0 Å². The lowest BCUT2D eigenvalue weighted by molar-refractivity contribution is 0.283. The van der Waals surface area contributed by atoms with Gasteiger partial charge in [0.15, 0.2) is 0 Å². The summed E-state index contributed by atoms with van der Waals surface area (Å²) in [5.41, 5.74) is 32.8. The highest BCUT2D eigenvalue weighted by molar-refractivity contribution is 6.17. The molecule has 24 rings (SSSR count). The van der Waals surface area contributed by atoms with Gasteiger partial charge in [-0.05, 0) is 123 Å². The first-order chi connectivity index (χ1) is 61.4. The first kappa shape index (κ1) is 85.6. The zero-order chi connectivity index (χ0) is 84.1. The molecular weight excluding hydrogens is 1540 g/mol. The molecule has 0 amide bonds. The Labute approximate surface area is 740 Å². The van der Waals surface area contributed by atoms with Crippen LogP contribution in [-0.2, 0) is 45.1 Å². The highest BCUT2D eigenvalue weighted by Crippen LogP contribution is 2.39. The zero-order valence-corrected chi connectivity index (χ0v) is 70.6. The first-order valence-corrected chi connectivity index (χ1v) is 44.0. The van der Waals surface area contributed by atoms with Crippen LogP contribution in [0.5, 0.6) is 0 Å². The number of para-hydroxylation sites is 11. The Morgan fingerprint density at radius 2 is 0.484 bits per heavy atom. The molecule has 1 aliphatic carbocycles. The number of unbranched alkanes of at least 4 members (excludes halogenated alkanes) is 10. The summed E-state index contributed by atoms with van der Waals surface area (Å²) in [6, 6.07) is 98.0.